The number of ether oxygens (including phenoxy) is 1. The number of alkyl halides is 1. The van der Waals surface area contributed by atoms with Crippen LogP contribution in [-0.2, 0) is 16.0 Å². The van der Waals surface area contributed by atoms with E-state index in [0.29, 0.717) is 12.5 Å². The summed E-state index contributed by atoms with van der Waals surface area (Å²) in [4.78, 5) is 28.8. The predicted molar refractivity (Wildman–Crippen MR) is 116 cm³/mol. The maximum absolute atomic E-state index is 16.8. The third-order valence-corrected chi connectivity index (χ3v) is 6.51. The van der Waals surface area contributed by atoms with Crippen molar-refractivity contribution in [2.45, 2.75) is 50.4 Å². The van der Waals surface area contributed by atoms with Gasteiger partial charge in [-0.25, -0.2) is 22.9 Å². The standard InChI is InChI=1S/C25H27F3N2O3/c1-24(2,3)29-13-20(19-10-9-17(26)12-21(19)27)25(28,15-29)22(31)30-18(14-33-23(30)32)11-16-7-5-4-6-8-16/h4-10,12,18,20H,11,13-15H2,1-3H3/t18-,20+,25+/m1/s1. The first kappa shape index (κ1) is 23.3. The smallest absolute Gasteiger partial charge is 0.417 e. The Labute approximate surface area is 191 Å². The largest absolute Gasteiger partial charge is 0.447 e. The minimum absolute atomic E-state index is 0.0422. The number of carbonyl (C=O) groups excluding carboxylic acids is 2. The van der Waals surface area contributed by atoms with Crippen molar-refractivity contribution in [1.29, 1.82) is 0 Å². The summed E-state index contributed by atoms with van der Waals surface area (Å²) in [6.07, 6.45) is -0.599. The van der Waals surface area contributed by atoms with Crippen molar-refractivity contribution in [2.75, 3.05) is 19.7 Å². The zero-order valence-electron chi connectivity index (χ0n) is 18.9. The summed E-state index contributed by atoms with van der Waals surface area (Å²) in [6, 6.07) is 11.4. The molecular weight excluding hydrogens is 433 g/mol. The van der Waals surface area contributed by atoms with Gasteiger partial charge in [-0.3, -0.25) is 9.69 Å². The summed E-state index contributed by atoms with van der Waals surface area (Å²) in [5.74, 6) is -3.97. The molecule has 2 aliphatic rings. The molecule has 33 heavy (non-hydrogen) atoms. The van der Waals surface area contributed by atoms with Crippen LogP contribution in [0.2, 0.25) is 0 Å². The van der Waals surface area contributed by atoms with E-state index in [1.165, 1.54) is 6.07 Å². The molecule has 2 amide bonds. The monoisotopic (exact) mass is 460 g/mol. The first-order valence-electron chi connectivity index (χ1n) is 10.9. The Kier molecular flexibility index (Phi) is 5.99. The van der Waals surface area contributed by atoms with Gasteiger partial charge < -0.3 is 4.74 Å². The molecule has 2 aromatic rings. The Bertz CT molecular complexity index is 1060. The fourth-order valence-corrected chi connectivity index (χ4v) is 4.62. The Morgan fingerprint density at radius 3 is 2.48 bits per heavy atom. The molecule has 5 nitrogen and oxygen atoms in total. The van der Waals surface area contributed by atoms with Gasteiger partial charge in [0.15, 0.2) is 0 Å². The van der Waals surface area contributed by atoms with E-state index in [0.717, 1.165) is 16.5 Å². The highest BCUT2D eigenvalue weighted by Crippen LogP contribution is 2.44. The van der Waals surface area contributed by atoms with Crippen LogP contribution in [0.1, 0.15) is 37.8 Å². The van der Waals surface area contributed by atoms with E-state index in [1.807, 2.05) is 51.1 Å². The van der Waals surface area contributed by atoms with Crippen LogP contribution in [0, 0.1) is 11.6 Å². The number of imide groups is 1. The van der Waals surface area contributed by atoms with Gasteiger partial charge in [-0.15, -0.1) is 0 Å². The van der Waals surface area contributed by atoms with Crippen molar-refractivity contribution in [3.63, 3.8) is 0 Å². The highest BCUT2D eigenvalue weighted by Gasteiger charge is 2.60. The topological polar surface area (TPSA) is 49.9 Å². The van der Waals surface area contributed by atoms with E-state index >= 15 is 4.39 Å². The van der Waals surface area contributed by atoms with Crippen molar-refractivity contribution in [3.05, 3.63) is 71.3 Å². The molecule has 2 heterocycles. The van der Waals surface area contributed by atoms with Crippen LogP contribution in [0.15, 0.2) is 48.5 Å². The number of hydrogen-bond donors (Lipinski definition) is 0. The highest BCUT2D eigenvalue weighted by atomic mass is 19.1. The summed E-state index contributed by atoms with van der Waals surface area (Å²) < 4.78 is 50.1. The fraction of sp³-hybridized carbons (Fsp3) is 0.440. The third-order valence-electron chi connectivity index (χ3n) is 6.51. The second kappa shape index (κ2) is 8.48. The Hall–Kier alpha value is -2.87. The van der Waals surface area contributed by atoms with Gasteiger partial charge in [-0.2, -0.15) is 0 Å². The average molecular weight is 460 g/mol. The van der Waals surface area contributed by atoms with Gasteiger partial charge in [0.25, 0.3) is 5.91 Å². The molecule has 176 valence electrons. The number of cyclic esters (lactones) is 1. The van der Waals surface area contributed by atoms with Gasteiger partial charge in [-0.1, -0.05) is 36.4 Å². The SMILES string of the molecule is CC(C)(C)N1C[C@@H](c2ccc(F)cc2F)[C@](F)(C(=O)N2C(=O)OC[C@H]2Cc2ccccc2)C1. The van der Waals surface area contributed by atoms with Gasteiger partial charge >= 0.3 is 6.09 Å². The van der Waals surface area contributed by atoms with Gasteiger partial charge in [0, 0.05) is 30.6 Å². The molecule has 2 aromatic carbocycles. The molecule has 0 unspecified atom stereocenters. The lowest BCUT2D eigenvalue weighted by Crippen LogP contribution is -2.54. The molecule has 4 rings (SSSR count). The summed E-state index contributed by atoms with van der Waals surface area (Å²) >= 11 is 0. The number of rotatable bonds is 4. The second-order valence-corrected chi connectivity index (χ2v) is 9.73. The van der Waals surface area contributed by atoms with E-state index in [9.17, 15) is 18.4 Å². The van der Waals surface area contributed by atoms with Crippen LogP contribution in [0.5, 0.6) is 0 Å². The molecule has 0 N–H and O–H groups in total. The summed E-state index contributed by atoms with van der Waals surface area (Å²) in [5, 5.41) is 0. The molecule has 2 fully saturated rings. The van der Waals surface area contributed by atoms with Crippen LogP contribution >= 0.6 is 0 Å². The van der Waals surface area contributed by atoms with Crippen molar-refractivity contribution in [1.82, 2.24) is 9.80 Å². The van der Waals surface area contributed by atoms with Crippen molar-refractivity contribution in [3.8, 4) is 0 Å². The molecule has 0 spiro atoms. The maximum Gasteiger partial charge on any atom is 0.417 e. The van der Waals surface area contributed by atoms with Crippen LogP contribution in [0.4, 0.5) is 18.0 Å². The van der Waals surface area contributed by atoms with Crippen LogP contribution in [0.25, 0.3) is 0 Å². The van der Waals surface area contributed by atoms with Crippen LogP contribution < -0.4 is 0 Å². The normalized spacial score (nSPS) is 26.0. The maximum atomic E-state index is 16.8. The number of likely N-dealkylation sites (tertiary alicyclic amines) is 1. The lowest BCUT2D eigenvalue weighted by atomic mass is 9.84. The molecule has 8 heteroatoms. The van der Waals surface area contributed by atoms with Crippen molar-refractivity contribution < 1.29 is 27.5 Å². The lowest BCUT2D eigenvalue weighted by Gasteiger charge is -2.33. The first-order valence-corrected chi connectivity index (χ1v) is 10.9. The average Bonchev–Trinajstić information content (AvgIpc) is 3.29. The lowest BCUT2D eigenvalue weighted by molar-refractivity contribution is -0.142. The van der Waals surface area contributed by atoms with Crippen LogP contribution in [-0.4, -0.2) is 58.7 Å². The molecule has 0 bridgehead atoms. The van der Waals surface area contributed by atoms with E-state index in [-0.39, 0.29) is 25.3 Å². The molecular formula is C25H27F3N2O3. The number of hydrogen-bond acceptors (Lipinski definition) is 4. The Balaban J connectivity index is 1.70. The summed E-state index contributed by atoms with van der Waals surface area (Å²) in [6.45, 7) is 5.27. The number of halogens is 3. The molecule has 2 saturated heterocycles. The number of nitrogens with zero attached hydrogens (tertiary/aromatic N) is 2. The molecule has 0 aromatic heterocycles. The molecule has 0 aliphatic carbocycles. The zero-order valence-corrected chi connectivity index (χ0v) is 18.9. The van der Waals surface area contributed by atoms with Gasteiger partial charge in [0.1, 0.15) is 18.2 Å². The zero-order chi connectivity index (χ0) is 24.0. The molecule has 2 aliphatic heterocycles. The van der Waals surface area contributed by atoms with Gasteiger partial charge in [0.05, 0.1) is 6.04 Å². The van der Waals surface area contributed by atoms with E-state index in [1.54, 1.807) is 4.90 Å². The second-order valence-electron chi connectivity index (χ2n) is 9.73. The molecule has 3 atom stereocenters. The third kappa shape index (κ3) is 4.36. The van der Waals surface area contributed by atoms with Crippen molar-refractivity contribution in [2.24, 2.45) is 0 Å². The van der Waals surface area contributed by atoms with Gasteiger partial charge in [-0.05, 0) is 44.4 Å². The predicted octanol–water partition coefficient (Wildman–Crippen LogP) is 4.46. The van der Waals surface area contributed by atoms with E-state index in [2.05, 4.69) is 0 Å². The summed E-state index contributed by atoms with van der Waals surface area (Å²) in [7, 11) is 0. The van der Waals surface area contributed by atoms with E-state index < -0.39 is 46.8 Å². The minimum atomic E-state index is -2.59. The fourth-order valence-electron chi connectivity index (χ4n) is 4.62. The van der Waals surface area contributed by atoms with Gasteiger partial charge in [0.2, 0.25) is 5.67 Å². The molecule has 0 radical (unpaired) electrons. The minimum Gasteiger partial charge on any atom is -0.447 e. The Morgan fingerprint density at radius 1 is 1.15 bits per heavy atom. The number of amides is 2. The first-order chi connectivity index (χ1) is 15.5. The van der Waals surface area contributed by atoms with E-state index in [4.69, 9.17) is 4.74 Å². The number of benzene rings is 2. The number of carbonyl (C=O) groups is 2. The summed E-state index contributed by atoms with van der Waals surface area (Å²) in [5.41, 5.74) is -2.33. The van der Waals surface area contributed by atoms with Crippen LogP contribution in [0.3, 0.4) is 0 Å². The Morgan fingerprint density at radius 2 is 1.85 bits per heavy atom. The van der Waals surface area contributed by atoms with Crippen molar-refractivity contribution >= 4 is 12.0 Å². The quantitative estimate of drug-likeness (QED) is 0.676. The molecule has 0 saturated carbocycles. The highest BCUT2D eigenvalue weighted by molar-refractivity contribution is 5.99.